The summed E-state index contributed by atoms with van der Waals surface area (Å²) in [5.74, 6) is 1.22. The molecule has 0 atom stereocenters. The van der Waals surface area contributed by atoms with Gasteiger partial charge >= 0.3 is 6.03 Å². The lowest BCUT2D eigenvalue weighted by molar-refractivity contribution is 0.257. The van der Waals surface area contributed by atoms with Crippen LogP contribution in [0.2, 0.25) is 5.02 Å². The first kappa shape index (κ1) is 17.9. The average Bonchev–Trinajstić information content (AvgIpc) is 2.40. The zero-order valence-electron chi connectivity index (χ0n) is 13.0. The molecule has 0 unspecified atom stereocenters. The molecule has 2 N–H and O–H groups in total. The van der Waals surface area contributed by atoms with Gasteiger partial charge in [0, 0.05) is 16.5 Å². The predicted molar refractivity (Wildman–Crippen MR) is 94.4 cm³/mol. The number of carbonyl (C=O) groups is 1. The van der Waals surface area contributed by atoms with Crippen molar-refractivity contribution in [3.63, 3.8) is 0 Å². The summed E-state index contributed by atoms with van der Waals surface area (Å²) in [5.41, 5.74) is 2.96. The normalized spacial score (nSPS) is 10.8. The van der Waals surface area contributed by atoms with Gasteiger partial charge in [-0.25, -0.2) is 4.79 Å². The lowest BCUT2D eigenvalue weighted by Crippen LogP contribution is -2.25. The van der Waals surface area contributed by atoms with Crippen LogP contribution in [0.25, 0.3) is 0 Å². The highest BCUT2D eigenvalue weighted by atomic mass is 35.5. The molecule has 0 saturated heterocycles. The molecule has 0 aliphatic heterocycles. The number of nitrogens with one attached hydrogen (secondary N) is 2. The quantitative estimate of drug-likeness (QED) is 0.409. The largest absolute Gasteiger partial charge is 0.329 e. The molecule has 0 radical (unpaired) electrons. The summed E-state index contributed by atoms with van der Waals surface area (Å²) < 4.78 is 2.74. The summed E-state index contributed by atoms with van der Waals surface area (Å²) in [5, 5.41) is 3.67. The molecule has 0 aliphatic carbocycles. The van der Waals surface area contributed by atoms with Crippen LogP contribution in [0.3, 0.4) is 0 Å². The van der Waals surface area contributed by atoms with Crippen LogP contribution < -0.4 is 10.0 Å². The summed E-state index contributed by atoms with van der Waals surface area (Å²) in [6.07, 6.45) is 1.74. The van der Waals surface area contributed by atoms with Crippen LogP contribution in [-0.2, 0) is 0 Å². The third-order valence-corrected chi connectivity index (χ3v) is 3.96. The second-order valence-electron chi connectivity index (χ2n) is 5.42. The zero-order valence-corrected chi connectivity index (χ0v) is 14.6. The molecule has 0 aliphatic rings. The van der Waals surface area contributed by atoms with Crippen molar-refractivity contribution >= 4 is 35.3 Å². The maximum Gasteiger partial charge on any atom is 0.329 e. The number of anilines is 1. The summed E-state index contributed by atoms with van der Waals surface area (Å²) in [7, 11) is 0. The van der Waals surface area contributed by atoms with Gasteiger partial charge < -0.3 is 5.32 Å². The highest BCUT2D eigenvalue weighted by Gasteiger charge is 2.17. The van der Waals surface area contributed by atoms with Crippen molar-refractivity contribution in [2.24, 2.45) is 0 Å². The second-order valence-corrected chi connectivity index (χ2v) is 6.69. The molecule has 1 rings (SSSR count). The molecule has 21 heavy (non-hydrogen) atoms. The van der Waals surface area contributed by atoms with Gasteiger partial charge in [0.05, 0.1) is 0 Å². The highest BCUT2D eigenvalue weighted by molar-refractivity contribution is 7.98. The van der Waals surface area contributed by atoms with Crippen LogP contribution in [0.4, 0.5) is 10.5 Å². The Labute approximate surface area is 136 Å². The van der Waals surface area contributed by atoms with Gasteiger partial charge in [-0.2, -0.15) is 0 Å². The lowest BCUT2D eigenvalue weighted by atomic mass is 9.92. The first-order valence-electron chi connectivity index (χ1n) is 6.99. The Morgan fingerprint density at radius 1 is 1.29 bits per heavy atom. The molecule has 2 amide bonds. The highest BCUT2D eigenvalue weighted by Crippen LogP contribution is 2.35. The van der Waals surface area contributed by atoms with Gasteiger partial charge in [0.25, 0.3) is 0 Å². The Hall–Kier alpha value is -1.13. The molecule has 1 aromatic rings. The van der Waals surface area contributed by atoms with Crippen molar-refractivity contribution < 1.29 is 4.79 Å². The molecule has 3 nitrogen and oxygen atoms in total. The fourth-order valence-corrected chi connectivity index (χ4v) is 2.63. The van der Waals surface area contributed by atoms with Crippen molar-refractivity contribution in [3.05, 3.63) is 40.9 Å². The van der Waals surface area contributed by atoms with E-state index in [2.05, 4.69) is 44.3 Å². The summed E-state index contributed by atoms with van der Waals surface area (Å²) in [4.78, 5) is 12.0. The van der Waals surface area contributed by atoms with Crippen LogP contribution in [0, 0.1) is 0 Å². The van der Waals surface area contributed by atoms with E-state index < -0.39 is 0 Å². The van der Waals surface area contributed by atoms with Gasteiger partial charge in [0.15, 0.2) is 0 Å². The molecular formula is C16H23ClN2OS. The van der Waals surface area contributed by atoms with E-state index in [1.807, 2.05) is 12.1 Å². The van der Waals surface area contributed by atoms with Gasteiger partial charge in [0.2, 0.25) is 0 Å². The Morgan fingerprint density at radius 2 is 1.81 bits per heavy atom. The van der Waals surface area contributed by atoms with Crippen LogP contribution in [0.15, 0.2) is 24.8 Å². The van der Waals surface area contributed by atoms with Crippen molar-refractivity contribution in [2.75, 3.05) is 11.1 Å². The second kappa shape index (κ2) is 8.35. The van der Waals surface area contributed by atoms with Gasteiger partial charge in [0.1, 0.15) is 0 Å². The van der Waals surface area contributed by atoms with Crippen molar-refractivity contribution in [2.45, 2.75) is 39.5 Å². The van der Waals surface area contributed by atoms with Crippen LogP contribution in [-0.4, -0.2) is 11.8 Å². The zero-order chi connectivity index (χ0) is 16.0. The molecule has 0 fully saturated rings. The van der Waals surface area contributed by atoms with Crippen LogP contribution >= 0.6 is 23.5 Å². The fourth-order valence-electron chi connectivity index (χ4n) is 2.01. The topological polar surface area (TPSA) is 41.1 Å². The predicted octanol–water partition coefficient (Wildman–Crippen LogP) is 5.54. The fraction of sp³-hybridized carbons (Fsp3) is 0.438. The maximum atomic E-state index is 12.0. The summed E-state index contributed by atoms with van der Waals surface area (Å²) >= 11 is 7.51. The molecule has 5 heteroatoms. The Balaban J connectivity index is 3.07. The average molecular weight is 327 g/mol. The number of hydrogen-bond acceptors (Lipinski definition) is 2. The molecule has 0 aromatic heterocycles. The smallest absolute Gasteiger partial charge is 0.307 e. The number of rotatable bonds is 6. The van der Waals surface area contributed by atoms with E-state index in [1.165, 1.54) is 11.9 Å². The summed E-state index contributed by atoms with van der Waals surface area (Å²) in [6.45, 7) is 12.0. The number of benzene rings is 1. The standard InChI is InChI=1S/C16H23ClN2OS/c1-6-7-21-19-16(20)18-15-13(10(2)3)8-12(17)9-14(15)11(4)5/h6,8-11H,1,7H2,2-5H3,(H2,18,19,20). The maximum absolute atomic E-state index is 12.0. The first-order chi connectivity index (χ1) is 9.86. The Bertz CT molecular complexity index is 486. The monoisotopic (exact) mass is 326 g/mol. The third kappa shape index (κ3) is 5.29. The number of hydrogen-bond donors (Lipinski definition) is 2. The number of carbonyl (C=O) groups excluding carboxylic acids is 1. The van der Waals surface area contributed by atoms with Gasteiger partial charge in [-0.15, -0.1) is 6.58 Å². The van der Waals surface area contributed by atoms with E-state index in [9.17, 15) is 4.79 Å². The SMILES string of the molecule is C=CCSNC(=O)Nc1c(C(C)C)cc(Cl)cc1C(C)C. The minimum Gasteiger partial charge on any atom is -0.307 e. The Kier molecular flexibility index (Phi) is 7.12. The van der Waals surface area contributed by atoms with E-state index >= 15 is 0 Å². The van der Waals surface area contributed by atoms with E-state index in [1.54, 1.807) is 6.08 Å². The third-order valence-electron chi connectivity index (χ3n) is 3.01. The van der Waals surface area contributed by atoms with Crippen molar-refractivity contribution in [1.29, 1.82) is 0 Å². The molecule has 0 bridgehead atoms. The van der Waals surface area contributed by atoms with Gasteiger partial charge in [-0.1, -0.05) is 45.4 Å². The number of amides is 2. The lowest BCUT2D eigenvalue weighted by Gasteiger charge is -2.21. The van der Waals surface area contributed by atoms with Crippen LogP contribution in [0.1, 0.15) is 50.7 Å². The van der Waals surface area contributed by atoms with Crippen molar-refractivity contribution in [3.8, 4) is 0 Å². The molecule has 1 aromatic carbocycles. The van der Waals surface area contributed by atoms with Crippen LogP contribution in [0.5, 0.6) is 0 Å². The molecule has 0 spiro atoms. The first-order valence-corrected chi connectivity index (χ1v) is 8.36. The van der Waals surface area contributed by atoms with Crippen molar-refractivity contribution in [1.82, 2.24) is 4.72 Å². The molecule has 116 valence electrons. The number of urea groups is 1. The minimum atomic E-state index is -0.229. The van der Waals surface area contributed by atoms with E-state index in [-0.39, 0.29) is 17.9 Å². The van der Waals surface area contributed by atoms with E-state index in [0.717, 1.165) is 16.8 Å². The van der Waals surface area contributed by atoms with Gasteiger partial charge in [-0.3, -0.25) is 4.72 Å². The van der Waals surface area contributed by atoms with Gasteiger partial charge in [-0.05, 0) is 47.0 Å². The number of halogens is 1. The minimum absolute atomic E-state index is 0.229. The van der Waals surface area contributed by atoms with E-state index in [4.69, 9.17) is 11.6 Å². The molecule has 0 heterocycles. The molecular weight excluding hydrogens is 304 g/mol. The summed E-state index contributed by atoms with van der Waals surface area (Å²) in [6, 6.07) is 3.61. The molecule has 0 saturated carbocycles. The Morgan fingerprint density at radius 3 is 2.24 bits per heavy atom. The van der Waals surface area contributed by atoms with E-state index in [0.29, 0.717) is 10.8 Å².